The largest absolute Gasteiger partial charge is 0.399 e. The first-order valence-corrected chi connectivity index (χ1v) is 7.74. The number of halogens is 1. The van der Waals surface area contributed by atoms with Gasteiger partial charge in [0.2, 0.25) is 5.91 Å². The predicted octanol–water partition coefficient (Wildman–Crippen LogP) is 3.84. The van der Waals surface area contributed by atoms with E-state index in [0.717, 1.165) is 21.3 Å². The highest BCUT2D eigenvalue weighted by Gasteiger charge is 2.10. The molecule has 0 aliphatic rings. The number of para-hydroxylation sites is 1. The van der Waals surface area contributed by atoms with Crippen molar-refractivity contribution in [2.24, 2.45) is 0 Å². The van der Waals surface area contributed by atoms with Crippen molar-refractivity contribution in [1.82, 2.24) is 5.32 Å². The van der Waals surface area contributed by atoms with Gasteiger partial charge in [0.15, 0.2) is 0 Å². The lowest BCUT2D eigenvalue weighted by Gasteiger charge is -2.14. The molecule has 2 rings (SSSR count). The highest BCUT2D eigenvalue weighted by molar-refractivity contribution is 9.10. The Morgan fingerprint density at radius 3 is 2.52 bits per heavy atom. The predicted molar refractivity (Wildman–Crippen MR) is 89.9 cm³/mol. The monoisotopic (exact) mass is 346 g/mol. The van der Waals surface area contributed by atoms with Crippen molar-refractivity contribution in [3.05, 3.63) is 64.1 Å². The smallest absolute Gasteiger partial charge is 0.220 e. The Labute approximate surface area is 133 Å². The summed E-state index contributed by atoms with van der Waals surface area (Å²) in [6.45, 7) is 1.98. The number of amides is 1. The fourth-order valence-corrected chi connectivity index (χ4v) is 2.42. The van der Waals surface area contributed by atoms with E-state index in [-0.39, 0.29) is 11.9 Å². The molecule has 0 aliphatic carbocycles. The van der Waals surface area contributed by atoms with Crippen LogP contribution in [0.4, 0.5) is 5.69 Å². The molecule has 2 aromatic carbocycles. The maximum absolute atomic E-state index is 12.0. The van der Waals surface area contributed by atoms with E-state index in [9.17, 15) is 4.79 Å². The summed E-state index contributed by atoms with van der Waals surface area (Å²) >= 11 is 3.40. The third kappa shape index (κ3) is 4.60. The third-order valence-corrected chi connectivity index (χ3v) is 3.95. The topological polar surface area (TPSA) is 55.1 Å². The molecule has 3 nitrogen and oxygen atoms in total. The number of aryl methyl sites for hydroxylation is 1. The Balaban J connectivity index is 1.87. The van der Waals surface area contributed by atoms with Crippen molar-refractivity contribution >= 4 is 27.5 Å². The summed E-state index contributed by atoms with van der Waals surface area (Å²) in [5.41, 5.74) is 8.73. The van der Waals surface area contributed by atoms with Gasteiger partial charge in [0.25, 0.3) is 0 Å². The number of rotatable bonds is 5. The normalized spacial score (nSPS) is 11.9. The number of benzene rings is 2. The molecule has 0 saturated heterocycles. The molecule has 110 valence electrons. The quantitative estimate of drug-likeness (QED) is 0.808. The summed E-state index contributed by atoms with van der Waals surface area (Å²) < 4.78 is 1.03. The van der Waals surface area contributed by atoms with Crippen LogP contribution in [0.3, 0.4) is 0 Å². The number of nitrogens with one attached hydrogen (secondary N) is 1. The highest BCUT2D eigenvalue weighted by Crippen LogP contribution is 2.17. The molecule has 0 spiro atoms. The Kier molecular flexibility index (Phi) is 5.39. The molecule has 0 radical (unpaired) electrons. The summed E-state index contributed by atoms with van der Waals surface area (Å²) in [7, 11) is 0. The average Bonchev–Trinajstić information content (AvgIpc) is 2.47. The maximum Gasteiger partial charge on any atom is 0.220 e. The minimum absolute atomic E-state index is 0.00118. The van der Waals surface area contributed by atoms with E-state index in [0.29, 0.717) is 12.8 Å². The molecule has 1 atom stereocenters. The van der Waals surface area contributed by atoms with Crippen molar-refractivity contribution in [1.29, 1.82) is 0 Å². The van der Waals surface area contributed by atoms with Crippen LogP contribution in [-0.2, 0) is 11.2 Å². The second-order valence-corrected chi connectivity index (χ2v) is 5.96. The first-order chi connectivity index (χ1) is 10.1. The van der Waals surface area contributed by atoms with Gasteiger partial charge in [0.1, 0.15) is 0 Å². The van der Waals surface area contributed by atoms with Gasteiger partial charge in [-0.1, -0.05) is 46.3 Å². The lowest BCUT2D eigenvalue weighted by Crippen LogP contribution is -2.26. The van der Waals surface area contributed by atoms with Crippen LogP contribution in [0.15, 0.2) is 53.0 Å². The molecule has 0 aliphatic heterocycles. The van der Waals surface area contributed by atoms with E-state index in [1.54, 1.807) is 0 Å². The number of hydrogen-bond acceptors (Lipinski definition) is 2. The standard InChI is InChI=1S/C17H19BrN2O/c1-12(13-6-9-15(18)10-7-13)20-17(21)11-8-14-4-2-3-5-16(14)19/h2-7,9-10,12H,8,11,19H2,1H3,(H,20,21). The Morgan fingerprint density at radius 1 is 1.19 bits per heavy atom. The molecule has 2 aromatic rings. The minimum atomic E-state index is -0.00118. The summed E-state index contributed by atoms with van der Waals surface area (Å²) in [5.74, 6) is 0.0358. The second-order valence-electron chi connectivity index (χ2n) is 5.04. The Morgan fingerprint density at radius 2 is 1.86 bits per heavy atom. The molecule has 1 unspecified atom stereocenters. The molecule has 3 N–H and O–H groups in total. The van der Waals surface area contributed by atoms with E-state index in [4.69, 9.17) is 5.73 Å². The van der Waals surface area contributed by atoms with E-state index in [1.165, 1.54) is 0 Å². The van der Waals surface area contributed by atoms with Crippen molar-refractivity contribution in [2.45, 2.75) is 25.8 Å². The number of nitrogen functional groups attached to an aromatic ring is 1. The van der Waals surface area contributed by atoms with Crippen LogP contribution in [0.1, 0.15) is 30.5 Å². The lowest BCUT2D eigenvalue weighted by atomic mass is 10.1. The highest BCUT2D eigenvalue weighted by atomic mass is 79.9. The number of carbonyl (C=O) groups is 1. The van der Waals surface area contributed by atoms with Gasteiger partial charge in [-0.05, 0) is 42.7 Å². The van der Waals surface area contributed by atoms with E-state index in [2.05, 4.69) is 21.2 Å². The van der Waals surface area contributed by atoms with Crippen LogP contribution >= 0.6 is 15.9 Å². The average molecular weight is 347 g/mol. The van der Waals surface area contributed by atoms with Crippen LogP contribution in [0, 0.1) is 0 Å². The maximum atomic E-state index is 12.0. The second kappa shape index (κ2) is 7.27. The van der Waals surface area contributed by atoms with Crippen molar-refractivity contribution in [3.63, 3.8) is 0 Å². The molecule has 0 bridgehead atoms. The van der Waals surface area contributed by atoms with Crippen molar-refractivity contribution in [3.8, 4) is 0 Å². The van der Waals surface area contributed by atoms with Crippen LogP contribution in [-0.4, -0.2) is 5.91 Å². The van der Waals surface area contributed by atoms with Gasteiger partial charge in [0, 0.05) is 16.6 Å². The minimum Gasteiger partial charge on any atom is -0.399 e. The molecule has 4 heteroatoms. The van der Waals surface area contributed by atoms with E-state index < -0.39 is 0 Å². The summed E-state index contributed by atoms with van der Waals surface area (Å²) in [5, 5.41) is 3.01. The SMILES string of the molecule is CC(NC(=O)CCc1ccccc1N)c1ccc(Br)cc1. The fraction of sp³-hybridized carbons (Fsp3) is 0.235. The first kappa shape index (κ1) is 15.6. The molecule has 0 fully saturated rings. The lowest BCUT2D eigenvalue weighted by molar-refractivity contribution is -0.121. The molecule has 21 heavy (non-hydrogen) atoms. The van der Waals surface area contributed by atoms with Gasteiger partial charge in [-0.3, -0.25) is 4.79 Å². The van der Waals surface area contributed by atoms with Gasteiger partial charge in [0.05, 0.1) is 6.04 Å². The van der Waals surface area contributed by atoms with Crippen LogP contribution in [0.2, 0.25) is 0 Å². The Bertz CT molecular complexity index is 610. The van der Waals surface area contributed by atoms with Gasteiger partial charge in [-0.15, -0.1) is 0 Å². The van der Waals surface area contributed by atoms with Gasteiger partial charge in [-0.25, -0.2) is 0 Å². The number of nitrogens with two attached hydrogens (primary N) is 1. The number of hydrogen-bond donors (Lipinski definition) is 2. The third-order valence-electron chi connectivity index (χ3n) is 3.42. The first-order valence-electron chi connectivity index (χ1n) is 6.94. The Hall–Kier alpha value is -1.81. The molecule has 1 amide bonds. The van der Waals surface area contributed by atoms with Gasteiger partial charge >= 0.3 is 0 Å². The van der Waals surface area contributed by atoms with Gasteiger partial charge < -0.3 is 11.1 Å². The van der Waals surface area contributed by atoms with Crippen molar-refractivity contribution < 1.29 is 4.79 Å². The van der Waals surface area contributed by atoms with Crippen LogP contribution < -0.4 is 11.1 Å². The number of carbonyl (C=O) groups excluding carboxylic acids is 1. The molecular weight excluding hydrogens is 328 g/mol. The van der Waals surface area contributed by atoms with Crippen LogP contribution in [0.5, 0.6) is 0 Å². The molecule has 0 aromatic heterocycles. The molecule has 0 heterocycles. The summed E-state index contributed by atoms with van der Waals surface area (Å²) in [4.78, 5) is 12.0. The number of anilines is 1. The van der Waals surface area contributed by atoms with Gasteiger partial charge in [-0.2, -0.15) is 0 Å². The summed E-state index contributed by atoms with van der Waals surface area (Å²) in [6, 6.07) is 15.6. The summed E-state index contributed by atoms with van der Waals surface area (Å²) in [6.07, 6.45) is 1.10. The van der Waals surface area contributed by atoms with Crippen LogP contribution in [0.25, 0.3) is 0 Å². The fourth-order valence-electron chi connectivity index (χ4n) is 2.16. The zero-order chi connectivity index (χ0) is 15.2. The molecular formula is C17H19BrN2O. The van der Waals surface area contributed by atoms with Crippen molar-refractivity contribution in [2.75, 3.05) is 5.73 Å². The zero-order valence-electron chi connectivity index (χ0n) is 12.0. The zero-order valence-corrected chi connectivity index (χ0v) is 13.6. The van der Waals surface area contributed by atoms with E-state index in [1.807, 2.05) is 55.5 Å². The van der Waals surface area contributed by atoms with E-state index >= 15 is 0 Å². The molecule has 0 saturated carbocycles.